The molecule has 0 atom stereocenters. The average molecular weight is 288 g/mol. The highest BCUT2D eigenvalue weighted by molar-refractivity contribution is 6.09. The summed E-state index contributed by atoms with van der Waals surface area (Å²) in [5.41, 5.74) is 1.50. The SMILES string of the molecule is COc1cnc(C(=O)c2ccc(OC)c(C)c2)c(OC)n1. The van der Waals surface area contributed by atoms with E-state index in [4.69, 9.17) is 14.2 Å². The number of methoxy groups -OCH3 is 3. The van der Waals surface area contributed by atoms with E-state index in [0.29, 0.717) is 5.56 Å². The van der Waals surface area contributed by atoms with Crippen molar-refractivity contribution in [1.29, 1.82) is 0 Å². The Balaban J connectivity index is 2.42. The molecule has 21 heavy (non-hydrogen) atoms. The van der Waals surface area contributed by atoms with Crippen LogP contribution >= 0.6 is 0 Å². The van der Waals surface area contributed by atoms with Crippen molar-refractivity contribution in [3.05, 3.63) is 41.2 Å². The quantitative estimate of drug-likeness (QED) is 0.784. The molecule has 0 aliphatic heterocycles. The molecule has 0 fully saturated rings. The maximum atomic E-state index is 12.5. The van der Waals surface area contributed by atoms with E-state index in [9.17, 15) is 4.79 Å². The Labute approximate surface area is 122 Å². The predicted octanol–water partition coefficient (Wildman–Crippen LogP) is 2.04. The fourth-order valence-electron chi connectivity index (χ4n) is 1.91. The van der Waals surface area contributed by atoms with Crippen molar-refractivity contribution in [2.75, 3.05) is 21.3 Å². The third kappa shape index (κ3) is 2.94. The van der Waals surface area contributed by atoms with Gasteiger partial charge in [0.15, 0.2) is 5.69 Å². The van der Waals surface area contributed by atoms with Crippen LogP contribution < -0.4 is 14.2 Å². The van der Waals surface area contributed by atoms with Gasteiger partial charge in [-0.25, -0.2) is 4.98 Å². The summed E-state index contributed by atoms with van der Waals surface area (Å²) in [5, 5.41) is 0. The maximum absolute atomic E-state index is 12.5. The number of aromatic nitrogens is 2. The van der Waals surface area contributed by atoms with E-state index < -0.39 is 0 Å². The van der Waals surface area contributed by atoms with E-state index in [1.54, 1.807) is 25.3 Å². The molecule has 1 aromatic carbocycles. The molecule has 0 aliphatic rings. The van der Waals surface area contributed by atoms with Gasteiger partial charge >= 0.3 is 0 Å². The minimum Gasteiger partial charge on any atom is -0.496 e. The van der Waals surface area contributed by atoms with E-state index in [-0.39, 0.29) is 23.2 Å². The van der Waals surface area contributed by atoms with Crippen LogP contribution in [0.2, 0.25) is 0 Å². The van der Waals surface area contributed by atoms with Gasteiger partial charge in [0.2, 0.25) is 17.5 Å². The number of rotatable bonds is 5. The normalized spacial score (nSPS) is 10.1. The minimum atomic E-state index is -0.271. The van der Waals surface area contributed by atoms with Crippen molar-refractivity contribution in [1.82, 2.24) is 9.97 Å². The second-order valence-corrected chi connectivity index (χ2v) is 4.28. The number of nitrogens with zero attached hydrogens (tertiary/aromatic N) is 2. The molecule has 0 N–H and O–H groups in total. The predicted molar refractivity (Wildman–Crippen MR) is 76.3 cm³/mol. The van der Waals surface area contributed by atoms with Gasteiger partial charge in [0.05, 0.1) is 27.5 Å². The van der Waals surface area contributed by atoms with Crippen LogP contribution in [0, 0.1) is 6.92 Å². The summed E-state index contributed by atoms with van der Waals surface area (Å²) in [4.78, 5) is 20.6. The number of ketones is 1. The average Bonchev–Trinajstić information content (AvgIpc) is 2.53. The van der Waals surface area contributed by atoms with Gasteiger partial charge in [-0.3, -0.25) is 4.79 Å². The van der Waals surface area contributed by atoms with Crippen molar-refractivity contribution >= 4 is 5.78 Å². The topological polar surface area (TPSA) is 70.5 Å². The molecule has 6 heteroatoms. The molecule has 1 aromatic heterocycles. The minimum absolute atomic E-state index is 0.132. The van der Waals surface area contributed by atoms with Crippen molar-refractivity contribution in [2.45, 2.75) is 6.92 Å². The van der Waals surface area contributed by atoms with Gasteiger partial charge in [-0.1, -0.05) is 0 Å². The van der Waals surface area contributed by atoms with E-state index in [1.807, 2.05) is 6.92 Å². The van der Waals surface area contributed by atoms with Crippen LogP contribution in [0.3, 0.4) is 0 Å². The van der Waals surface area contributed by atoms with Crippen LogP contribution in [-0.2, 0) is 0 Å². The zero-order valence-corrected chi connectivity index (χ0v) is 12.3. The Bertz CT molecular complexity index is 671. The van der Waals surface area contributed by atoms with Gasteiger partial charge in [-0.15, -0.1) is 0 Å². The highest BCUT2D eigenvalue weighted by atomic mass is 16.5. The Morgan fingerprint density at radius 3 is 2.43 bits per heavy atom. The summed E-state index contributed by atoms with van der Waals surface area (Å²) in [6, 6.07) is 5.16. The molecule has 0 aliphatic carbocycles. The number of carbonyl (C=O) groups excluding carboxylic acids is 1. The molecule has 0 spiro atoms. The van der Waals surface area contributed by atoms with Crippen LogP contribution in [0.4, 0.5) is 0 Å². The van der Waals surface area contributed by atoms with E-state index in [2.05, 4.69) is 9.97 Å². The zero-order chi connectivity index (χ0) is 15.4. The summed E-state index contributed by atoms with van der Waals surface area (Å²) in [6.07, 6.45) is 1.38. The fraction of sp³-hybridized carbons (Fsp3) is 0.267. The van der Waals surface area contributed by atoms with Crippen LogP contribution in [0.1, 0.15) is 21.6 Å². The van der Waals surface area contributed by atoms with E-state index in [1.165, 1.54) is 20.4 Å². The maximum Gasteiger partial charge on any atom is 0.247 e. The smallest absolute Gasteiger partial charge is 0.247 e. The molecule has 0 saturated carbocycles. The number of aryl methyl sites for hydroxylation is 1. The van der Waals surface area contributed by atoms with E-state index in [0.717, 1.165) is 11.3 Å². The van der Waals surface area contributed by atoms with Crippen LogP contribution in [0.15, 0.2) is 24.4 Å². The fourth-order valence-corrected chi connectivity index (χ4v) is 1.91. The summed E-state index contributed by atoms with van der Waals surface area (Å²) in [6.45, 7) is 1.87. The Morgan fingerprint density at radius 1 is 1.10 bits per heavy atom. The lowest BCUT2D eigenvalue weighted by atomic mass is 10.0. The van der Waals surface area contributed by atoms with Crippen LogP contribution in [0.25, 0.3) is 0 Å². The molecule has 2 rings (SSSR count). The molecule has 6 nitrogen and oxygen atoms in total. The number of carbonyl (C=O) groups is 1. The first kappa shape index (κ1) is 14.8. The largest absolute Gasteiger partial charge is 0.496 e. The zero-order valence-electron chi connectivity index (χ0n) is 12.3. The molecule has 0 saturated heterocycles. The van der Waals surface area contributed by atoms with Gasteiger partial charge in [-0.2, -0.15) is 4.98 Å². The summed E-state index contributed by atoms with van der Waals surface area (Å²) >= 11 is 0. The second kappa shape index (κ2) is 6.21. The Morgan fingerprint density at radius 2 is 1.86 bits per heavy atom. The molecule has 0 radical (unpaired) electrons. The lowest BCUT2D eigenvalue weighted by Gasteiger charge is -2.09. The third-order valence-electron chi connectivity index (χ3n) is 2.99. The molecular weight excluding hydrogens is 272 g/mol. The molecular formula is C15H16N2O4. The van der Waals surface area contributed by atoms with Crippen LogP contribution in [0.5, 0.6) is 17.5 Å². The lowest BCUT2D eigenvalue weighted by molar-refractivity contribution is 0.103. The lowest BCUT2D eigenvalue weighted by Crippen LogP contribution is -2.09. The van der Waals surface area contributed by atoms with Crippen molar-refractivity contribution < 1.29 is 19.0 Å². The van der Waals surface area contributed by atoms with Gasteiger partial charge in [0, 0.05) is 5.56 Å². The first-order valence-electron chi connectivity index (χ1n) is 6.25. The van der Waals surface area contributed by atoms with Crippen molar-refractivity contribution in [3.63, 3.8) is 0 Å². The number of ether oxygens (including phenoxy) is 3. The monoisotopic (exact) mass is 288 g/mol. The molecule has 2 aromatic rings. The van der Waals surface area contributed by atoms with Crippen molar-refractivity contribution in [2.24, 2.45) is 0 Å². The summed E-state index contributed by atoms with van der Waals surface area (Å²) in [7, 11) is 4.49. The highest BCUT2D eigenvalue weighted by Crippen LogP contribution is 2.23. The summed E-state index contributed by atoms with van der Waals surface area (Å²) in [5.74, 6) is 0.870. The standard InChI is InChI=1S/C15H16N2O4/c1-9-7-10(5-6-11(9)19-2)14(18)13-15(21-4)17-12(20-3)8-16-13/h5-8H,1-4H3. The number of hydrogen-bond acceptors (Lipinski definition) is 6. The van der Waals surface area contributed by atoms with E-state index >= 15 is 0 Å². The van der Waals surface area contributed by atoms with Gasteiger partial charge in [-0.05, 0) is 30.7 Å². The second-order valence-electron chi connectivity index (χ2n) is 4.28. The van der Waals surface area contributed by atoms with Gasteiger partial charge in [0.1, 0.15) is 5.75 Å². The van der Waals surface area contributed by atoms with Gasteiger partial charge in [0.25, 0.3) is 0 Å². The third-order valence-corrected chi connectivity index (χ3v) is 2.99. The van der Waals surface area contributed by atoms with Gasteiger partial charge < -0.3 is 14.2 Å². The van der Waals surface area contributed by atoms with Crippen LogP contribution in [-0.4, -0.2) is 37.1 Å². The van der Waals surface area contributed by atoms with Crippen molar-refractivity contribution in [3.8, 4) is 17.5 Å². The molecule has 1 heterocycles. The summed E-state index contributed by atoms with van der Waals surface area (Å²) < 4.78 is 15.3. The first-order valence-corrected chi connectivity index (χ1v) is 6.25. The highest BCUT2D eigenvalue weighted by Gasteiger charge is 2.19. The molecule has 0 amide bonds. The number of hydrogen-bond donors (Lipinski definition) is 0. The Hall–Kier alpha value is -2.63. The Kier molecular flexibility index (Phi) is 4.37. The molecule has 0 bridgehead atoms. The molecule has 0 unspecified atom stereocenters. The first-order chi connectivity index (χ1) is 10.1. The molecule has 110 valence electrons. The number of benzene rings is 1.